The monoisotopic (exact) mass is 346 g/mol. The maximum Gasteiger partial charge on any atom is 0.332 e. The Hall–Kier alpha value is -2.11. The third-order valence-electron chi connectivity index (χ3n) is 4.76. The van der Waals surface area contributed by atoms with Crippen LogP contribution in [0.3, 0.4) is 0 Å². The molecule has 0 saturated heterocycles. The molecule has 0 aliphatic heterocycles. The van der Waals surface area contributed by atoms with Gasteiger partial charge in [0.2, 0.25) is 0 Å². The fourth-order valence-electron chi connectivity index (χ4n) is 3.16. The molecule has 0 saturated carbocycles. The number of rotatable bonds is 9. The van der Waals surface area contributed by atoms with Crippen LogP contribution in [-0.2, 0) is 20.5 Å². The van der Waals surface area contributed by atoms with Gasteiger partial charge in [-0.3, -0.25) is 13.9 Å². The van der Waals surface area contributed by atoms with Gasteiger partial charge in [0.05, 0.1) is 5.69 Å². The van der Waals surface area contributed by atoms with Crippen molar-refractivity contribution in [3.63, 3.8) is 0 Å². The molecule has 0 amide bonds. The van der Waals surface area contributed by atoms with Crippen LogP contribution in [0.25, 0.3) is 11.0 Å². The standard InChI is InChI=1S/C19H30N4O2/c1-5-7-8-9-10-11-12-20-16-14(6-2)13-21-17-15(16)18(24)23(4)19(25)22(17)3/h13H,5-12H2,1-4H3,(H,20,21). The fourth-order valence-corrected chi connectivity index (χ4v) is 3.16. The van der Waals surface area contributed by atoms with E-state index in [4.69, 9.17) is 0 Å². The van der Waals surface area contributed by atoms with Gasteiger partial charge >= 0.3 is 5.69 Å². The molecule has 6 heteroatoms. The Morgan fingerprint density at radius 1 is 1.00 bits per heavy atom. The average Bonchev–Trinajstić information content (AvgIpc) is 2.63. The molecule has 0 aliphatic rings. The molecule has 0 aromatic carbocycles. The van der Waals surface area contributed by atoms with Crippen molar-refractivity contribution in [3.8, 4) is 0 Å². The number of nitrogens with one attached hydrogen (secondary N) is 1. The van der Waals surface area contributed by atoms with Crippen LogP contribution >= 0.6 is 0 Å². The van der Waals surface area contributed by atoms with E-state index >= 15 is 0 Å². The van der Waals surface area contributed by atoms with Crippen LogP contribution in [0.4, 0.5) is 5.69 Å². The molecule has 0 aliphatic carbocycles. The molecule has 2 heterocycles. The topological polar surface area (TPSA) is 68.9 Å². The molecule has 0 spiro atoms. The molecule has 2 aromatic rings. The third-order valence-corrected chi connectivity index (χ3v) is 4.76. The van der Waals surface area contributed by atoms with Crippen molar-refractivity contribution in [1.29, 1.82) is 0 Å². The summed E-state index contributed by atoms with van der Waals surface area (Å²) in [5, 5.41) is 3.95. The molecule has 138 valence electrons. The van der Waals surface area contributed by atoms with Crippen molar-refractivity contribution in [2.75, 3.05) is 11.9 Å². The van der Waals surface area contributed by atoms with E-state index in [9.17, 15) is 9.59 Å². The highest BCUT2D eigenvalue weighted by atomic mass is 16.2. The van der Waals surface area contributed by atoms with Gasteiger partial charge in [-0.25, -0.2) is 9.78 Å². The van der Waals surface area contributed by atoms with Gasteiger partial charge in [0, 0.05) is 26.8 Å². The summed E-state index contributed by atoms with van der Waals surface area (Å²) < 4.78 is 2.59. The lowest BCUT2D eigenvalue weighted by Gasteiger charge is -2.15. The normalized spacial score (nSPS) is 11.2. The summed E-state index contributed by atoms with van der Waals surface area (Å²) in [6, 6.07) is 0. The Bertz CT molecular complexity index is 836. The highest BCUT2D eigenvalue weighted by Crippen LogP contribution is 2.23. The number of hydrogen-bond acceptors (Lipinski definition) is 4. The van der Waals surface area contributed by atoms with Crippen LogP contribution in [-0.4, -0.2) is 20.7 Å². The number of aromatic nitrogens is 3. The van der Waals surface area contributed by atoms with Crippen molar-refractivity contribution >= 4 is 16.7 Å². The molecule has 0 fully saturated rings. The zero-order valence-electron chi connectivity index (χ0n) is 15.9. The van der Waals surface area contributed by atoms with Crippen LogP contribution in [0, 0.1) is 0 Å². The van der Waals surface area contributed by atoms with Gasteiger partial charge in [0.15, 0.2) is 5.65 Å². The summed E-state index contributed by atoms with van der Waals surface area (Å²) in [4.78, 5) is 29.1. The van der Waals surface area contributed by atoms with Crippen LogP contribution < -0.4 is 16.6 Å². The van der Waals surface area contributed by atoms with Crippen molar-refractivity contribution in [2.45, 2.75) is 58.8 Å². The van der Waals surface area contributed by atoms with Crippen molar-refractivity contribution in [3.05, 3.63) is 32.6 Å². The van der Waals surface area contributed by atoms with E-state index in [1.165, 1.54) is 43.7 Å². The number of hydrogen-bond donors (Lipinski definition) is 1. The summed E-state index contributed by atoms with van der Waals surface area (Å²) in [6.45, 7) is 5.09. The number of anilines is 1. The Kier molecular flexibility index (Phi) is 6.79. The van der Waals surface area contributed by atoms with E-state index in [1.54, 1.807) is 13.2 Å². The summed E-state index contributed by atoms with van der Waals surface area (Å²) in [5.74, 6) is 0. The predicted octanol–water partition coefficient (Wildman–Crippen LogP) is 2.97. The first-order valence-corrected chi connectivity index (χ1v) is 9.34. The van der Waals surface area contributed by atoms with E-state index in [1.807, 2.05) is 6.92 Å². The molecular formula is C19H30N4O2. The molecule has 6 nitrogen and oxygen atoms in total. The minimum atomic E-state index is -0.351. The quantitative estimate of drug-likeness (QED) is 0.709. The number of aryl methyl sites for hydroxylation is 2. The molecule has 0 bridgehead atoms. The second-order valence-electron chi connectivity index (χ2n) is 6.61. The van der Waals surface area contributed by atoms with Crippen molar-refractivity contribution in [2.24, 2.45) is 14.1 Å². The van der Waals surface area contributed by atoms with Crippen LogP contribution in [0.5, 0.6) is 0 Å². The average molecular weight is 346 g/mol. The molecular weight excluding hydrogens is 316 g/mol. The van der Waals surface area contributed by atoms with E-state index in [2.05, 4.69) is 17.2 Å². The Balaban J connectivity index is 2.28. The van der Waals surface area contributed by atoms with Gasteiger partial charge in [-0.2, -0.15) is 0 Å². The molecule has 1 N–H and O–H groups in total. The molecule has 0 unspecified atom stereocenters. The Labute approximate surface area is 148 Å². The number of pyridine rings is 1. The summed E-state index contributed by atoms with van der Waals surface area (Å²) in [6.07, 6.45) is 9.91. The Morgan fingerprint density at radius 2 is 1.68 bits per heavy atom. The van der Waals surface area contributed by atoms with Gasteiger partial charge in [-0.1, -0.05) is 46.0 Å². The van der Waals surface area contributed by atoms with Crippen molar-refractivity contribution in [1.82, 2.24) is 14.1 Å². The van der Waals surface area contributed by atoms with Gasteiger partial charge in [0.1, 0.15) is 5.39 Å². The fraction of sp³-hybridized carbons (Fsp3) is 0.632. The summed E-state index contributed by atoms with van der Waals surface area (Å²) in [7, 11) is 3.17. The van der Waals surface area contributed by atoms with Crippen LogP contribution in [0.15, 0.2) is 15.8 Å². The van der Waals surface area contributed by atoms with Crippen molar-refractivity contribution < 1.29 is 0 Å². The molecule has 0 radical (unpaired) electrons. The number of unbranched alkanes of at least 4 members (excludes halogenated alkanes) is 5. The smallest absolute Gasteiger partial charge is 0.332 e. The highest BCUT2D eigenvalue weighted by Gasteiger charge is 2.16. The molecule has 2 aromatic heterocycles. The maximum absolute atomic E-state index is 12.7. The van der Waals surface area contributed by atoms with Gasteiger partial charge in [-0.15, -0.1) is 0 Å². The van der Waals surface area contributed by atoms with Gasteiger partial charge < -0.3 is 5.32 Å². The largest absolute Gasteiger partial charge is 0.384 e. The summed E-state index contributed by atoms with van der Waals surface area (Å²) in [5.41, 5.74) is 1.64. The lowest BCUT2D eigenvalue weighted by atomic mass is 10.1. The van der Waals surface area contributed by atoms with E-state index in [0.717, 1.165) is 35.2 Å². The molecule has 0 atom stereocenters. The number of fused-ring (bicyclic) bond motifs is 1. The SMILES string of the molecule is CCCCCCCCNc1c(CC)cnc2c1c(=O)n(C)c(=O)n2C. The first-order valence-electron chi connectivity index (χ1n) is 9.34. The van der Waals surface area contributed by atoms with E-state index in [0.29, 0.717) is 11.0 Å². The molecule has 2 rings (SSSR count). The zero-order chi connectivity index (χ0) is 18.4. The zero-order valence-corrected chi connectivity index (χ0v) is 15.9. The highest BCUT2D eigenvalue weighted by molar-refractivity contribution is 5.90. The first-order chi connectivity index (χ1) is 12.0. The third kappa shape index (κ3) is 4.11. The van der Waals surface area contributed by atoms with Crippen LogP contribution in [0.2, 0.25) is 0 Å². The minimum absolute atomic E-state index is 0.286. The minimum Gasteiger partial charge on any atom is -0.384 e. The predicted molar refractivity (Wildman–Crippen MR) is 103 cm³/mol. The lowest BCUT2D eigenvalue weighted by Crippen LogP contribution is -2.37. The maximum atomic E-state index is 12.7. The first kappa shape index (κ1) is 19.2. The second-order valence-corrected chi connectivity index (χ2v) is 6.61. The summed E-state index contributed by atoms with van der Waals surface area (Å²) >= 11 is 0. The van der Waals surface area contributed by atoms with Crippen LogP contribution in [0.1, 0.15) is 57.9 Å². The number of nitrogens with zero attached hydrogens (tertiary/aromatic N) is 3. The molecule has 25 heavy (non-hydrogen) atoms. The lowest BCUT2D eigenvalue weighted by molar-refractivity contribution is 0.617. The van der Waals surface area contributed by atoms with Gasteiger partial charge in [-0.05, 0) is 18.4 Å². The van der Waals surface area contributed by atoms with Gasteiger partial charge in [0.25, 0.3) is 5.56 Å². The second kappa shape index (κ2) is 8.83. The van der Waals surface area contributed by atoms with E-state index in [-0.39, 0.29) is 11.2 Å². The van der Waals surface area contributed by atoms with E-state index < -0.39 is 0 Å². The Morgan fingerprint density at radius 3 is 2.36 bits per heavy atom.